The molecule has 18 heavy (non-hydrogen) atoms. The van der Waals surface area contributed by atoms with Gasteiger partial charge in [-0.1, -0.05) is 58.4 Å². The minimum absolute atomic E-state index is 0.0358. The van der Waals surface area contributed by atoms with Crippen LogP contribution in [-0.2, 0) is 0 Å². The number of Topliss-reactive ketones (excluding diaryl/α,β-unsaturated/α-hetero) is 1. The van der Waals surface area contributed by atoms with Crippen molar-refractivity contribution < 1.29 is 4.79 Å². The van der Waals surface area contributed by atoms with E-state index in [-0.39, 0.29) is 5.78 Å². The molecule has 0 heterocycles. The zero-order chi connectivity index (χ0) is 13.0. The Morgan fingerprint density at radius 2 is 1.56 bits per heavy atom. The van der Waals surface area contributed by atoms with Crippen LogP contribution >= 0.6 is 31.9 Å². The predicted molar refractivity (Wildman–Crippen MR) is 81.8 cm³/mol. The van der Waals surface area contributed by atoms with Gasteiger partial charge in [-0.25, -0.2) is 0 Å². The molecule has 0 aliphatic rings. The van der Waals surface area contributed by atoms with Crippen LogP contribution in [0.1, 0.15) is 15.9 Å². The van der Waals surface area contributed by atoms with Gasteiger partial charge in [-0.3, -0.25) is 4.79 Å². The molecule has 0 aromatic heterocycles. The first-order valence-electron chi connectivity index (χ1n) is 5.40. The normalized spacial score (nSPS) is 11.3. The van der Waals surface area contributed by atoms with E-state index in [1.807, 2.05) is 54.6 Å². The standard InChI is InChI=1S/C15H10Br2O/c16-13-9-5-4-8-12(13)15(18)14(17)10-11-6-2-1-3-7-11/h1-10H/b14-10-. The fraction of sp³-hybridized carbons (Fsp3) is 0. The second-order valence-corrected chi connectivity index (χ2v) is 5.42. The van der Waals surface area contributed by atoms with E-state index in [2.05, 4.69) is 31.9 Å². The third-order valence-corrected chi connectivity index (χ3v) is 3.71. The fourth-order valence-electron chi connectivity index (χ4n) is 1.54. The predicted octanol–water partition coefficient (Wildman–Crippen LogP) is 5.07. The Morgan fingerprint density at radius 3 is 2.22 bits per heavy atom. The number of hydrogen-bond donors (Lipinski definition) is 0. The Kier molecular flexibility index (Phi) is 4.50. The Bertz CT molecular complexity index is 588. The van der Waals surface area contributed by atoms with E-state index < -0.39 is 0 Å². The van der Waals surface area contributed by atoms with Crippen molar-refractivity contribution in [3.8, 4) is 0 Å². The van der Waals surface area contributed by atoms with E-state index in [1.54, 1.807) is 6.07 Å². The van der Waals surface area contributed by atoms with E-state index in [4.69, 9.17) is 0 Å². The van der Waals surface area contributed by atoms with Crippen molar-refractivity contribution in [2.75, 3.05) is 0 Å². The summed E-state index contributed by atoms with van der Waals surface area (Å²) in [5, 5.41) is 0. The SMILES string of the molecule is O=C(/C(Br)=C/c1ccccc1)c1ccccc1Br. The van der Waals surface area contributed by atoms with E-state index >= 15 is 0 Å². The topological polar surface area (TPSA) is 17.1 Å². The van der Waals surface area contributed by atoms with Crippen LogP contribution in [0.2, 0.25) is 0 Å². The van der Waals surface area contributed by atoms with Crippen molar-refractivity contribution in [1.82, 2.24) is 0 Å². The maximum atomic E-state index is 12.2. The summed E-state index contributed by atoms with van der Waals surface area (Å²) in [5.74, 6) is -0.0358. The molecule has 0 radical (unpaired) electrons. The van der Waals surface area contributed by atoms with Gasteiger partial charge in [0.05, 0.1) is 4.48 Å². The zero-order valence-corrected chi connectivity index (χ0v) is 12.6. The van der Waals surface area contributed by atoms with Crippen molar-refractivity contribution in [2.24, 2.45) is 0 Å². The molecule has 2 aromatic carbocycles. The monoisotopic (exact) mass is 364 g/mol. The van der Waals surface area contributed by atoms with Crippen LogP contribution < -0.4 is 0 Å². The summed E-state index contributed by atoms with van der Waals surface area (Å²) in [4.78, 5) is 12.2. The van der Waals surface area contributed by atoms with E-state index in [9.17, 15) is 4.79 Å². The molecular weight excluding hydrogens is 356 g/mol. The first-order valence-corrected chi connectivity index (χ1v) is 6.98. The molecule has 0 aliphatic carbocycles. The first kappa shape index (κ1) is 13.2. The highest BCUT2D eigenvalue weighted by molar-refractivity contribution is 9.12. The summed E-state index contributed by atoms with van der Waals surface area (Å²) >= 11 is 6.72. The summed E-state index contributed by atoms with van der Waals surface area (Å²) in [6, 6.07) is 17.1. The average Bonchev–Trinajstić information content (AvgIpc) is 2.39. The van der Waals surface area contributed by atoms with E-state index in [1.165, 1.54) is 0 Å². The molecule has 1 nitrogen and oxygen atoms in total. The number of ketones is 1. The van der Waals surface area contributed by atoms with Crippen LogP contribution in [0.25, 0.3) is 6.08 Å². The molecule has 0 fully saturated rings. The molecule has 0 aliphatic heterocycles. The Labute approximate surface area is 123 Å². The molecule has 3 heteroatoms. The molecule has 0 saturated carbocycles. The van der Waals surface area contributed by atoms with Crippen molar-refractivity contribution in [1.29, 1.82) is 0 Å². The van der Waals surface area contributed by atoms with Crippen LogP contribution in [0.4, 0.5) is 0 Å². The van der Waals surface area contributed by atoms with Crippen LogP contribution in [0, 0.1) is 0 Å². The molecule has 0 spiro atoms. The third kappa shape index (κ3) is 3.18. The largest absolute Gasteiger partial charge is 0.288 e. The molecule has 2 rings (SSSR count). The van der Waals surface area contributed by atoms with Gasteiger partial charge in [-0.05, 0) is 39.7 Å². The Morgan fingerprint density at radius 1 is 0.944 bits per heavy atom. The quantitative estimate of drug-likeness (QED) is 0.548. The fourth-order valence-corrected chi connectivity index (χ4v) is 2.48. The van der Waals surface area contributed by atoms with Crippen LogP contribution in [0.15, 0.2) is 63.6 Å². The molecule has 0 unspecified atom stereocenters. The number of halogens is 2. The molecular formula is C15H10Br2O. The summed E-state index contributed by atoms with van der Waals surface area (Å²) in [6.45, 7) is 0. The number of hydrogen-bond acceptors (Lipinski definition) is 1. The molecule has 0 N–H and O–H groups in total. The molecule has 0 saturated heterocycles. The van der Waals surface area contributed by atoms with Gasteiger partial charge in [0, 0.05) is 10.0 Å². The molecule has 0 atom stereocenters. The summed E-state index contributed by atoms with van der Waals surface area (Å²) in [7, 11) is 0. The molecule has 90 valence electrons. The summed E-state index contributed by atoms with van der Waals surface area (Å²) in [5.41, 5.74) is 1.64. The number of benzene rings is 2. The lowest BCUT2D eigenvalue weighted by Crippen LogP contribution is -1.99. The Hall–Kier alpha value is -1.19. The maximum Gasteiger partial charge on any atom is 0.201 e. The second kappa shape index (κ2) is 6.12. The third-order valence-electron chi connectivity index (χ3n) is 2.43. The minimum atomic E-state index is -0.0358. The molecule has 2 aromatic rings. The van der Waals surface area contributed by atoms with Crippen LogP contribution in [0.5, 0.6) is 0 Å². The summed E-state index contributed by atoms with van der Waals surface area (Å²) < 4.78 is 1.34. The van der Waals surface area contributed by atoms with E-state index in [0.717, 1.165) is 10.0 Å². The first-order chi connectivity index (χ1) is 8.68. The number of allylic oxidation sites excluding steroid dienone is 1. The van der Waals surface area contributed by atoms with Crippen LogP contribution in [0.3, 0.4) is 0 Å². The molecule has 0 amide bonds. The smallest absolute Gasteiger partial charge is 0.201 e. The lowest BCUT2D eigenvalue weighted by atomic mass is 10.1. The lowest BCUT2D eigenvalue weighted by molar-refractivity contribution is 0.104. The number of carbonyl (C=O) groups is 1. The van der Waals surface area contributed by atoms with Gasteiger partial charge in [-0.2, -0.15) is 0 Å². The maximum absolute atomic E-state index is 12.2. The Balaban J connectivity index is 2.30. The van der Waals surface area contributed by atoms with Gasteiger partial charge in [0.2, 0.25) is 5.78 Å². The van der Waals surface area contributed by atoms with Crippen LogP contribution in [-0.4, -0.2) is 5.78 Å². The average molecular weight is 366 g/mol. The van der Waals surface area contributed by atoms with Crippen molar-refractivity contribution >= 4 is 43.7 Å². The minimum Gasteiger partial charge on any atom is -0.288 e. The van der Waals surface area contributed by atoms with Crippen molar-refractivity contribution in [2.45, 2.75) is 0 Å². The van der Waals surface area contributed by atoms with Crippen molar-refractivity contribution in [3.05, 3.63) is 74.7 Å². The van der Waals surface area contributed by atoms with Gasteiger partial charge in [0.1, 0.15) is 0 Å². The van der Waals surface area contributed by atoms with Gasteiger partial charge < -0.3 is 0 Å². The second-order valence-electron chi connectivity index (χ2n) is 3.71. The van der Waals surface area contributed by atoms with Gasteiger partial charge in [-0.15, -0.1) is 0 Å². The summed E-state index contributed by atoms with van der Waals surface area (Å²) in [6.07, 6.45) is 1.82. The number of rotatable bonds is 3. The van der Waals surface area contributed by atoms with E-state index in [0.29, 0.717) is 10.0 Å². The van der Waals surface area contributed by atoms with Gasteiger partial charge >= 0.3 is 0 Å². The highest BCUT2D eigenvalue weighted by Gasteiger charge is 2.12. The highest BCUT2D eigenvalue weighted by Crippen LogP contribution is 2.23. The van der Waals surface area contributed by atoms with Gasteiger partial charge in [0.15, 0.2) is 0 Å². The lowest BCUT2D eigenvalue weighted by Gasteiger charge is -2.02. The van der Waals surface area contributed by atoms with Crippen molar-refractivity contribution in [3.63, 3.8) is 0 Å². The zero-order valence-electron chi connectivity index (χ0n) is 9.44. The number of carbonyl (C=O) groups excluding carboxylic acids is 1. The van der Waals surface area contributed by atoms with Gasteiger partial charge in [0.25, 0.3) is 0 Å². The highest BCUT2D eigenvalue weighted by atomic mass is 79.9. The molecule has 0 bridgehead atoms.